The van der Waals surface area contributed by atoms with E-state index < -0.39 is 0 Å². The predicted molar refractivity (Wildman–Crippen MR) is 109 cm³/mol. The van der Waals surface area contributed by atoms with Crippen LogP contribution in [0.25, 0.3) is 0 Å². The Hall–Kier alpha value is -0.900. The number of hydrogen-bond donors (Lipinski definition) is 1. The molecule has 0 heterocycles. The fraction of sp³-hybridized carbons (Fsp3) is 0.917. The van der Waals surface area contributed by atoms with E-state index in [9.17, 15) is 9.59 Å². The summed E-state index contributed by atoms with van der Waals surface area (Å²) in [5.74, 6) is 3.50. The van der Waals surface area contributed by atoms with Gasteiger partial charge in [0.25, 0.3) is 0 Å². The smallest absolute Gasteiger partial charge is 0.310 e. The molecule has 0 amide bonds. The molecule has 4 aliphatic rings. The molecule has 0 aliphatic heterocycles. The summed E-state index contributed by atoms with van der Waals surface area (Å²) < 4.78 is 5.85. The topological polar surface area (TPSA) is 69.4 Å². The van der Waals surface area contributed by atoms with Crippen molar-refractivity contribution >= 4 is 11.8 Å². The molecular weight excluding hydrogens is 350 g/mol. The maximum atomic E-state index is 12.6. The average Bonchev–Trinajstić information content (AvgIpc) is 2.97. The van der Waals surface area contributed by atoms with Crippen LogP contribution in [0.1, 0.15) is 79.1 Å². The normalized spacial score (nSPS) is 49.0. The van der Waals surface area contributed by atoms with Gasteiger partial charge in [0.2, 0.25) is 0 Å². The molecule has 0 aromatic rings. The number of fused-ring (bicyclic) bond motifs is 5. The van der Waals surface area contributed by atoms with Crippen molar-refractivity contribution in [3.05, 3.63) is 0 Å². The van der Waals surface area contributed by atoms with Gasteiger partial charge in [-0.15, -0.1) is 0 Å². The minimum absolute atomic E-state index is 0.0519. The van der Waals surface area contributed by atoms with Crippen LogP contribution in [-0.4, -0.2) is 24.4 Å². The lowest BCUT2D eigenvalue weighted by Gasteiger charge is -2.62. The fourth-order valence-electron chi connectivity index (χ4n) is 7.85. The summed E-state index contributed by atoms with van der Waals surface area (Å²) in [5.41, 5.74) is 5.92. The maximum absolute atomic E-state index is 12.6. The van der Waals surface area contributed by atoms with Crippen molar-refractivity contribution in [3.63, 3.8) is 0 Å². The fourth-order valence-corrected chi connectivity index (χ4v) is 7.85. The number of ketones is 1. The van der Waals surface area contributed by atoms with Gasteiger partial charge in [0.05, 0.1) is 5.92 Å². The van der Waals surface area contributed by atoms with Crippen molar-refractivity contribution in [2.24, 2.45) is 52.1 Å². The van der Waals surface area contributed by atoms with Crippen LogP contribution < -0.4 is 5.73 Å². The van der Waals surface area contributed by atoms with E-state index in [0.29, 0.717) is 41.4 Å². The van der Waals surface area contributed by atoms with Gasteiger partial charge in [-0.2, -0.15) is 0 Å². The van der Waals surface area contributed by atoms with Crippen molar-refractivity contribution in [3.8, 4) is 0 Å². The van der Waals surface area contributed by atoms with Gasteiger partial charge in [0, 0.05) is 18.4 Å². The number of rotatable bonds is 3. The molecule has 4 aliphatic carbocycles. The molecule has 0 aromatic heterocycles. The first-order valence-electron chi connectivity index (χ1n) is 11.6. The van der Waals surface area contributed by atoms with Gasteiger partial charge in [-0.1, -0.05) is 27.7 Å². The number of Topliss-reactive ketones (excluding diaryl/α,β-unsaturated/α-hetero) is 1. The molecule has 4 fully saturated rings. The molecule has 0 aromatic carbocycles. The molecule has 4 rings (SSSR count). The monoisotopic (exact) mass is 389 g/mol. The van der Waals surface area contributed by atoms with Gasteiger partial charge in [0.1, 0.15) is 11.9 Å². The van der Waals surface area contributed by atoms with Crippen LogP contribution in [0.15, 0.2) is 0 Å². The number of nitrogens with two attached hydrogens (primary N) is 1. The van der Waals surface area contributed by atoms with Crippen LogP contribution in [0.4, 0.5) is 0 Å². The molecule has 9 atom stereocenters. The van der Waals surface area contributed by atoms with E-state index >= 15 is 0 Å². The van der Waals surface area contributed by atoms with Gasteiger partial charge in [-0.25, -0.2) is 0 Å². The van der Waals surface area contributed by atoms with E-state index in [4.69, 9.17) is 10.5 Å². The minimum Gasteiger partial charge on any atom is -0.462 e. The van der Waals surface area contributed by atoms with Crippen molar-refractivity contribution in [2.45, 2.75) is 85.2 Å². The number of hydrogen-bond acceptors (Lipinski definition) is 4. The number of carbonyl (C=O) groups is 2. The zero-order valence-electron chi connectivity index (χ0n) is 18.2. The lowest BCUT2D eigenvalue weighted by Crippen LogP contribution is -2.56. The van der Waals surface area contributed by atoms with Crippen LogP contribution in [0.5, 0.6) is 0 Å². The number of carbonyl (C=O) groups excluding carboxylic acids is 2. The third-order valence-electron chi connectivity index (χ3n) is 9.73. The van der Waals surface area contributed by atoms with Crippen molar-refractivity contribution < 1.29 is 14.3 Å². The SMILES string of the molecule is CC(CN)C(=O)OC1CC[C@@]2(C)C(C1)CC(C)[C@@H]1[C@H]2CC[C@]2(C)C(=O)CC[C@@H]12. The van der Waals surface area contributed by atoms with Crippen molar-refractivity contribution in [1.82, 2.24) is 0 Å². The quantitative estimate of drug-likeness (QED) is 0.729. The van der Waals surface area contributed by atoms with Crippen molar-refractivity contribution in [2.75, 3.05) is 6.54 Å². The van der Waals surface area contributed by atoms with Crippen LogP contribution >= 0.6 is 0 Å². The van der Waals surface area contributed by atoms with Gasteiger partial charge < -0.3 is 10.5 Å². The minimum atomic E-state index is -0.209. The molecule has 2 N–H and O–H groups in total. The average molecular weight is 390 g/mol. The Bertz CT molecular complexity index is 648. The molecule has 0 saturated heterocycles. The summed E-state index contributed by atoms with van der Waals surface area (Å²) >= 11 is 0. The third-order valence-corrected chi connectivity index (χ3v) is 9.73. The highest BCUT2D eigenvalue weighted by molar-refractivity contribution is 5.87. The van der Waals surface area contributed by atoms with Crippen LogP contribution in [0.3, 0.4) is 0 Å². The Kier molecular flexibility index (Phi) is 5.17. The summed E-state index contributed by atoms with van der Waals surface area (Å²) in [6.07, 6.45) is 8.62. The molecule has 0 spiro atoms. The molecule has 4 saturated carbocycles. The molecule has 158 valence electrons. The predicted octanol–water partition coefficient (Wildman–Crippen LogP) is 4.35. The molecular formula is C24H39NO3. The molecule has 0 bridgehead atoms. The van der Waals surface area contributed by atoms with Crippen LogP contribution in [-0.2, 0) is 14.3 Å². The Morgan fingerprint density at radius 3 is 2.64 bits per heavy atom. The second-order valence-electron chi connectivity index (χ2n) is 11.1. The second kappa shape index (κ2) is 7.11. The highest BCUT2D eigenvalue weighted by Gasteiger charge is 2.62. The molecule has 4 nitrogen and oxygen atoms in total. The first kappa shape index (κ1) is 20.4. The Balaban J connectivity index is 1.51. The maximum Gasteiger partial charge on any atom is 0.310 e. The summed E-state index contributed by atoms with van der Waals surface area (Å²) in [5, 5.41) is 0. The summed E-state index contributed by atoms with van der Waals surface area (Å²) in [6, 6.07) is 0. The van der Waals surface area contributed by atoms with E-state index in [0.717, 1.165) is 44.4 Å². The van der Waals surface area contributed by atoms with E-state index in [1.165, 1.54) is 12.8 Å². The zero-order valence-corrected chi connectivity index (χ0v) is 18.2. The lowest BCUT2D eigenvalue weighted by molar-refractivity contribution is -0.170. The Morgan fingerprint density at radius 2 is 1.93 bits per heavy atom. The van der Waals surface area contributed by atoms with Crippen LogP contribution in [0.2, 0.25) is 0 Å². The lowest BCUT2D eigenvalue weighted by atomic mass is 9.43. The van der Waals surface area contributed by atoms with Crippen LogP contribution in [0, 0.1) is 46.3 Å². The Labute approximate surface area is 170 Å². The van der Waals surface area contributed by atoms with Gasteiger partial charge in [0.15, 0.2) is 0 Å². The van der Waals surface area contributed by atoms with Crippen molar-refractivity contribution in [1.29, 1.82) is 0 Å². The van der Waals surface area contributed by atoms with Gasteiger partial charge >= 0.3 is 5.97 Å². The molecule has 4 unspecified atom stereocenters. The second-order valence-corrected chi connectivity index (χ2v) is 11.1. The first-order valence-corrected chi connectivity index (χ1v) is 11.6. The summed E-state index contributed by atoms with van der Waals surface area (Å²) in [7, 11) is 0. The highest BCUT2D eigenvalue weighted by Crippen LogP contribution is 2.66. The molecule has 4 heteroatoms. The summed E-state index contributed by atoms with van der Waals surface area (Å²) in [6.45, 7) is 9.41. The highest BCUT2D eigenvalue weighted by atomic mass is 16.5. The van der Waals surface area contributed by atoms with E-state index in [2.05, 4.69) is 20.8 Å². The van der Waals surface area contributed by atoms with Gasteiger partial charge in [-0.3, -0.25) is 9.59 Å². The number of ether oxygens (including phenoxy) is 1. The first-order chi connectivity index (χ1) is 13.2. The Morgan fingerprint density at radius 1 is 1.18 bits per heavy atom. The molecule has 0 radical (unpaired) electrons. The van der Waals surface area contributed by atoms with E-state index in [1.807, 2.05) is 6.92 Å². The zero-order chi connectivity index (χ0) is 20.3. The third kappa shape index (κ3) is 2.97. The standard InChI is InChI=1S/C24H39NO3/c1-14-11-16-12-17(28-22(27)15(2)13-25)7-9-23(16,3)19-8-10-24(4)18(21(14)19)5-6-20(24)26/h14-19,21H,5-13,25H2,1-4H3/t14?,15?,16?,17?,18-,19+,21-,23-,24-/m0/s1. The summed E-state index contributed by atoms with van der Waals surface area (Å²) in [4.78, 5) is 24.9. The van der Waals surface area contributed by atoms with E-state index in [1.54, 1.807) is 0 Å². The molecule has 28 heavy (non-hydrogen) atoms. The van der Waals surface area contributed by atoms with Gasteiger partial charge in [-0.05, 0) is 80.0 Å². The van der Waals surface area contributed by atoms with E-state index in [-0.39, 0.29) is 23.4 Å². The largest absolute Gasteiger partial charge is 0.462 e. The number of esters is 1.